The monoisotopic (exact) mass is 262 g/mol. The van der Waals surface area contributed by atoms with Crippen molar-refractivity contribution < 1.29 is 14.7 Å². The highest BCUT2D eigenvalue weighted by Gasteiger charge is 2.14. The van der Waals surface area contributed by atoms with Crippen LogP contribution < -0.4 is 14.5 Å². The Morgan fingerprint density at radius 2 is 1.47 bits per heavy atom. The second kappa shape index (κ2) is 5.49. The summed E-state index contributed by atoms with van der Waals surface area (Å²) in [5.41, 5.74) is 1.61. The van der Waals surface area contributed by atoms with Gasteiger partial charge in [-0.05, 0) is 19.1 Å². The Balaban J connectivity index is 2.37. The number of aromatic nitrogens is 3. The van der Waals surface area contributed by atoms with Crippen molar-refractivity contribution in [2.45, 2.75) is 6.92 Å². The van der Waals surface area contributed by atoms with Gasteiger partial charge in [0.25, 0.3) is 5.95 Å². The third-order valence-electron chi connectivity index (χ3n) is 2.42. The Morgan fingerprint density at radius 1 is 0.947 bits per heavy atom. The smallest absolute Gasteiger partial charge is 0.324 e. The largest absolute Gasteiger partial charge is 0.467 e. The van der Waals surface area contributed by atoms with Crippen LogP contribution in [-0.4, -0.2) is 34.4 Å². The Bertz CT molecular complexity index is 537. The normalized spacial score (nSPS) is 10.1. The van der Waals surface area contributed by atoms with Crippen LogP contribution in [0.25, 0.3) is 0 Å². The summed E-state index contributed by atoms with van der Waals surface area (Å²) in [7, 11) is 2.85. The van der Waals surface area contributed by atoms with Gasteiger partial charge in [0.05, 0.1) is 19.9 Å². The number of anilines is 2. The van der Waals surface area contributed by atoms with Gasteiger partial charge in [-0.2, -0.15) is 15.0 Å². The van der Waals surface area contributed by atoms with Gasteiger partial charge in [0.1, 0.15) is 0 Å². The SMILES string of the molecule is COc1nc(OC)nc(N(O)c2ccc(C)cc2)n1. The maximum absolute atomic E-state index is 10.1. The molecule has 19 heavy (non-hydrogen) atoms. The first-order valence-corrected chi connectivity index (χ1v) is 5.53. The van der Waals surface area contributed by atoms with E-state index in [4.69, 9.17) is 9.47 Å². The van der Waals surface area contributed by atoms with Gasteiger partial charge in [0.2, 0.25) is 0 Å². The van der Waals surface area contributed by atoms with Crippen LogP contribution in [0.3, 0.4) is 0 Å². The third-order valence-corrected chi connectivity index (χ3v) is 2.42. The van der Waals surface area contributed by atoms with E-state index in [0.717, 1.165) is 10.6 Å². The van der Waals surface area contributed by atoms with Crippen molar-refractivity contribution in [2.24, 2.45) is 0 Å². The van der Waals surface area contributed by atoms with E-state index < -0.39 is 0 Å². The van der Waals surface area contributed by atoms with E-state index in [1.165, 1.54) is 14.2 Å². The third kappa shape index (κ3) is 2.89. The lowest BCUT2D eigenvalue weighted by atomic mass is 10.2. The number of rotatable bonds is 4. The van der Waals surface area contributed by atoms with E-state index in [1.54, 1.807) is 12.1 Å². The van der Waals surface area contributed by atoms with Crippen molar-refractivity contribution in [2.75, 3.05) is 19.3 Å². The first-order valence-electron chi connectivity index (χ1n) is 5.53. The molecule has 0 radical (unpaired) electrons. The van der Waals surface area contributed by atoms with E-state index in [2.05, 4.69) is 15.0 Å². The summed E-state index contributed by atoms with van der Waals surface area (Å²) in [5, 5.41) is 10.9. The van der Waals surface area contributed by atoms with E-state index in [0.29, 0.717) is 5.69 Å². The van der Waals surface area contributed by atoms with Crippen molar-refractivity contribution >= 4 is 11.6 Å². The summed E-state index contributed by atoms with van der Waals surface area (Å²) < 4.78 is 9.84. The highest BCUT2D eigenvalue weighted by Crippen LogP contribution is 2.22. The summed E-state index contributed by atoms with van der Waals surface area (Å²) >= 11 is 0. The van der Waals surface area contributed by atoms with E-state index >= 15 is 0 Å². The predicted octanol–water partition coefficient (Wildman–Crippen LogP) is 1.72. The minimum Gasteiger partial charge on any atom is -0.467 e. The topological polar surface area (TPSA) is 80.6 Å². The van der Waals surface area contributed by atoms with Crippen molar-refractivity contribution in [1.82, 2.24) is 15.0 Å². The average Bonchev–Trinajstić information content (AvgIpc) is 2.46. The standard InChI is InChI=1S/C12H14N4O3/c1-8-4-6-9(7-5-8)16(17)10-13-11(18-2)15-12(14-10)19-3/h4-7,17H,1-3H3. The van der Waals surface area contributed by atoms with Gasteiger partial charge in [-0.15, -0.1) is 4.98 Å². The van der Waals surface area contributed by atoms with Gasteiger partial charge in [-0.25, -0.2) is 0 Å². The molecule has 2 aromatic rings. The molecule has 1 aromatic heterocycles. The fraction of sp³-hybridized carbons (Fsp3) is 0.250. The van der Waals surface area contributed by atoms with Crippen LogP contribution in [0.2, 0.25) is 0 Å². The molecule has 0 unspecified atom stereocenters. The lowest BCUT2D eigenvalue weighted by Crippen LogP contribution is -2.15. The molecule has 0 bridgehead atoms. The molecule has 7 nitrogen and oxygen atoms in total. The maximum Gasteiger partial charge on any atom is 0.324 e. The van der Waals surface area contributed by atoms with Crippen LogP contribution in [0.5, 0.6) is 12.0 Å². The van der Waals surface area contributed by atoms with Crippen LogP contribution >= 0.6 is 0 Å². The van der Waals surface area contributed by atoms with Crippen LogP contribution in [0.4, 0.5) is 11.6 Å². The van der Waals surface area contributed by atoms with Crippen LogP contribution in [0, 0.1) is 6.92 Å². The molecule has 0 atom stereocenters. The number of methoxy groups -OCH3 is 2. The summed E-state index contributed by atoms with van der Waals surface area (Å²) in [6.07, 6.45) is 0. The number of hydrogen-bond acceptors (Lipinski definition) is 7. The molecule has 0 spiro atoms. The van der Waals surface area contributed by atoms with Crippen molar-refractivity contribution in [1.29, 1.82) is 0 Å². The fourth-order valence-corrected chi connectivity index (χ4v) is 1.41. The number of ether oxygens (including phenoxy) is 2. The van der Waals surface area contributed by atoms with Gasteiger partial charge in [-0.1, -0.05) is 17.7 Å². The summed E-state index contributed by atoms with van der Waals surface area (Å²) in [6.45, 7) is 1.96. The quantitative estimate of drug-likeness (QED) is 0.840. The Kier molecular flexibility index (Phi) is 3.76. The first-order chi connectivity index (χ1) is 9.13. The number of nitrogens with zero attached hydrogens (tertiary/aromatic N) is 4. The lowest BCUT2D eigenvalue weighted by Gasteiger charge is -2.15. The molecular formula is C12H14N4O3. The molecule has 100 valence electrons. The molecule has 0 amide bonds. The zero-order chi connectivity index (χ0) is 13.8. The lowest BCUT2D eigenvalue weighted by molar-refractivity contribution is 0.284. The fourth-order valence-electron chi connectivity index (χ4n) is 1.41. The molecule has 0 fully saturated rings. The van der Waals surface area contributed by atoms with Gasteiger partial charge in [0, 0.05) is 0 Å². The molecule has 1 aromatic carbocycles. The van der Waals surface area contributed by atoms with Gasteiger partial charge in [-0.3, -0.25) is 5.21 Å². The number of aryl methyl sites for hydroxylation is 1. The summed E-state index contributed by atoms with van der Waals surface area (Å²) in [6, 6.07) is 7.36. The predicted molar refractivity (Wildman–Crippen MR) is 68.0 cm³/mol. The molecule has 0 aliphatic heterocycles. The molecule has 7 heteroatoms. The summed E-state index contributed by atoms with van der Waals surface area (Å²) in [4.78, 5) is 11.8. The average molecular weight is 262 g/mol. The highest BCUT2D eigenvalue weighted by molar-refractivity contribution is 5.54. The molecule has 0 saturated heterocycles. The Hall–Kier alpha value is -2.41. The van der Waals surface area contributed by atoms with Gasteiger partial charge in [0.15, 0.2) is 0 Å². The number of hydrogen-bond donors (Lipinski definition) is 1. The van der Waals surface area contributed by atoms with Crippen LogP contribution in [-0.2, 0) is 0 Å². The highest BCUT2D eigenvalue weighted by atomic mass is 16.5. The van der Waals surface area contributed by atoms with Crippen LogP contribution in [0.15, 0.2) is 24.3 Å². The van der Waals surface area contributed by atoms with Crippen molar-refractivity contribution in [3.8, 4) is 12.0 Å². The molecule has 2 rings (SSSR count). The molecule has 1 N–H and O–H groups in total. The number of benzene rings is 1. The second-order valence-electron chi connectivity index (χ2n) is 3.76. The van der Waals surface area contributed by atoms with E-state index in [9.17, 15) is 5.21 Å². The maximum atomic E-state index is 10.1. The van der Waals surface area contributed by atoms with Crippen molar-refractivity contribution in [3.63, 3.8) is 0 Å². The summed E-state index contributed by atoms with van der Waals surface area (Å²) in [5.74, 6) is 0.0209. The van der Waals surface area contributed by atoms with E-state index in [1.807, 2.05) is 19.1 Å². The zero-order valence-electron chi connectivity index (χ0n) is 10.9. The molecule has 0 saturated carbocycles. The van der Waals surface area contributed by atoms with Gasteiger partial charge < -0.3 is 9.47 Å². The van der Waals surface area contributed by atoms with Gasteiger partial charge >= 0.3 is 12.0 Å². The van der Waals surface area contributed by atoms with Crippen molar-refractivity contribution in [3.05, 3.63) is 29.8 Å². The molecule has 1 heterocycles. The first kappa shape index (κ1) is 13.0. The Labute approximate surface area is 110 Å². The second-order valence-corrected chi connectivity index (χ2v) is 3.76. The van der Waals surface area contributed by atoms with E-state index in [-0.39, 0.29) is 18.0 Å². The minimum atomic E-state index is 0.0209. The van der Waals surface area contributed by atoms with Crippen LogP contribution in [0.1, 0.15) is 5.56 Å². The molecule has 0 aliphatic rings. The molecular weight excluding hydrogens is 248 g/mol. The minimum absolute atomic E-state index is 0.0209. The molecule has 0 aliphatic carbocycles. The zero-order valence-corrected chi connectivity index (χ0v) is 10.9. The Morgan fingerprint density at radius 3 is 1.95 bits per heavy atom.